The van der Waals surface area contributed by atoms with Crippen molar-refractivity contribution in [3.63, 3.8) is 0 Å². The third kappa shape index (κ3) is 4.20. The fourth-order valence-corrected chi connectivity index (χ4v) is 2.02. The van der Waals surface area contributed by atoms with Crippen LogP contribution in [0.4, 0.5) is 0 Å². The van der Waals surface area contributed by atoms with E-state index in [1.54, 1.807) is 24.3 Å². The third-order valence-electron chi connectivity index (χ3n) is 2.96. The van der Waals surface area contributed by atoms with E-state index in [1.807, 2.05) is 0 Å². The zero-order valence-electron chi connectivity index (χ0n) is 10.2. The number of rotatable bonds is 5. The molecule has 0 aliphatic carbocycles. The van der Waals surface area contributed by atoms with Gasteiger partial charge in [-0.2, -0.15) is 0 Å². The molecule has 0 spiro atoms. The van der Waals surface area contributed by atoms with Gasteiger partial charge in [0.25, 0.3) is 0 Å². The maximum Gasteiger partial charge on any atom is 0.335 e. The van der Waals surface area contributed by atoms with Crippen LogP contribution in [0.2, 0.25) is 0 Å². The summed E-state index contributed by atoms with van der Waals surface area (Å²) in [4.78, 5) is 13.1. The molecule has 1 saturated heterocycles. The van der Waals surface area contributed by atoms with E-state index in [9.17, 15) is 4.79 Å². The van der Waals surface area contributed by atoms with Crippen LogP contribution in [0.3, 0.4) is 0 Å². The van der Waals surface area contributed by atoms with Gasteiger partial charge in [0, 0.05) is 6.54 Å². The van der Waals surface area contributed by atoms with Crippen molar-refractivity contribution >= 4 is 18.4 Å². The Kier molecular flexibility index (Phi) is 5.95. The zero-order valence-corrected chi connectivity index (χ0v) is 11.0. The van der Waals surface area contributed by atoms with Crippen LogP contribution >= 0.6 is 12.4 Å². The minimum Gasteiger partial charge on any atom is -0.492 e. The minimum atomic E-state index is -0.921. The fraction of sp³-hybridized carbons (Fsp3) is 0.462. The summed E-state index contributed by atoms with van der Waals surface area (Å²) in [6, 6.07) is 6.62. The predicted molar refractivity (Wildman–Crippen MR) is 71.8 cm³/mol. The second-order valence-electron chi connectivity index (χ2n) is 4.23. The average Bonchev–Trinajstić information content (AvgIpc) is 2.82. The number of halogens is 1. The molecule has 0 unspecified atom stereocenters. The zero-order chi connectivity index (χ0) is 12.1. The van der Waals surface area contributed by atoms with Gasteiger partial charge in [-0.05, 0) is 44.1 Å². The van der Waals surface area contributed by atoms with Gasteiger partial charge in [0.2, 0.25) is 0 Å². The first-order chi connectivity index (χ1) is 8.25. The van der Waals surface area contributed by atoms with Crippen molar-refractivity contribution < 1.29 is 14.6 Å². The molecule has 0 bridgehead atoms. The van der Waals surface area contributed by atoms with Gasteiger partial charge in [-0.3, -0.25) is 4.90 Å². The molecule has 1 N–H and O–H groups in total. The first-order valence-electron chi connectivity index (χ1n) is 5.94. The van der Waals surface area contributed by atoms with E-state index in [0.29, 0.717) is 12.4 Å². The number of likely N-dealkylation sites (tertiary alicyclic amines) is 1. The van der Waals surface area contributed by atoms with Crippen molar-refractivity contribution in [3.8, 4) is 5.75 Å². The fourth-order valence-electron chi connectivity index (χ4n) is 2.02. The molecule has 18 heavy (non-hydrogen) atoms. The Morgan fingerprint density at radius 2 is 2.06 bits per heavy atom. The molecular weight excluding hydrogens is 254 g/mol. The number of nitrogens with zero attached hydrogens (tertiary/aromatic N) is 1. The Hall–Kier alpha value is -1.26. The van der Waals surface area contributed by atoms with E-state index in [0.717, 1.165) is 19.6 Å². The van der Waals surface area contributed by atoms with E-state index in [2.05, 4.69) is 4.90 Å². The lowest BCUT2D eigenvalue weighted by molar-refractivity contribution is 0.0696. The lowest BCUT2D eigenvalue weighted by Crippen LogP contribution is -2.25. The van der Waals surface area contributed by atoms with E-state index in [-0.39, 0.29) is 18.0 Å². The largest absolute Gasteiger partial charge is 0.492 e. The lowest BCUT2D eigenvalue weighted by atomic mass is 10.2. The number of carboxylic acids is 1. The summed E-state index contributed by atoms with van der Waals surface area (Å²) in [6.45, 7) is 3.83. The highest BCUT2D eigenvalue weighted by atomic mass is 35.5. The molecule has 1 aliphatic heterocycles. The second-order valence-corrected chi connectivity index (χ2v) is 4.23. The van der Waals surface area contributed by atoms with Crippen LogP contribution in [-0.2, 0) is 0 Å². The van der Waals surface area contributed by atoms with Crippen LogP contribution in [0.1, 0.15) is 23.2 Å². The molecule has 1 heterocycles. The van der Waals surface area contributed by atoms with Gasteiger partial charge in [-0.15, -0.1) is 12.4 Å². The number of hydrogen-bond acceptors (Lipinski definition) is 3. The summed E-state index contributed by atoms with van der Waals surface area (Å²) in [6.07, 6.45) is 2.54. The normalized spacial score (nSPS) is 15.1. The van der Waals surface area contributed by atoms with Crippen LogP contribution < -0.4 is 4.74 Å². The quantitative estimate of drug-likeness (QED) is 0.893. The number of carbonyl (C=O) groups is 1. The van der Waals surface area contributed by atoms with Crippen molar-refractivity contribution in [1.29, 1.82) is 0 Å². The SMILES string of the molecule is Cl.O=C(O)c1cccc(OCCN2CCCC2)c1. The van der Waals surface area contributed by atoms with Crippen LogP contribution in [0.5, 0.6) is 5.75 Å². The van der Waals surface area contributed by atoms with E-state index < -0.39 is 5.97 Å². The van der Waals surface area contributed by atoms with Crippen molar-refractivity contribution in [2.24, 2.45) is 0 Å². The summed E-state index contributed by atoms with van der Waals surface area (Å²) in [5, 5.41) is 8.84. The minimum absolute atomic E-state index is 0. The first-order valence-corrected chi connectivity index (χ1v) is 5.94. The number of hydrogen-bond donors (Lipinski definition) is 1. The standard InChI is InChI=1S/C13H17NO3.ClH/c15-13(16)11-4-3-5-12(10-11)17-9-8-14-6-1-2-7-14;/h3-5,10H,1-2,6-9H2,(H,15,16);1H. The van der Waals surface area contributed by atoms with Crippen molar-refractivity contribution in [3.05, 3.63) is 29.8 Å². The summed E-state index contributed by atoms with van der Waals surface area (Å²) in [5.74, 6) is -0.293. The smallest absolute Gasteiger partial charge is 0.335 e. The molecule has 0 aromatic heterocycles. The highest BCUT2D eigenvalue weighted by Gasteiger charge is 2.11. The first kappa shape index (κ1) is 14.8. The Morgan fingerprint density at radius 3 is 2.72 bits per heavy atom. The van der Waals surface area contributed by atoms with E-state index in [1.165, 1.54) is 12.8 Å². The number of carboxylic acid groups (broad SMARTS) is 1. The highest BCUT2D eigenvalue weighted by molar-refractivity contribution is 5.88. The molecule has 2 rings (SSSR count). The number of ether oxygens (including phenoxy) is 1. The van der Waals surface area contributed by atoms with Gasteiger partial charge >= 0.3 is 5.97 Å². The predicted octanol–water partition coefficient (Wildman–Crippen LogP) is 2.28. The van der Waals surface area contributed by atoms with Crippen LogP contribution in [0, 0.1) is 0 Å². The number of benzene rings is 1. The molecule has 1 aliphatic rings. The summed E-state index contributed by atoms with van der Waals surface area (Å²) in [7, 11) is 0. The van der Waals surface area contributed by atoms with Gasteiger partial charge in [0.05, 0.1) is 5.56 Å². The summed E-state index contributed by atoms with van der Waals surface area (Å²) < 4.78 is 5.55. The summed E-state index contributed by atoms with van der Waals surface area (Å²) >= 11 is 0. The van der Waals surface area contributed by atoms with E-state index in [4.69, 9.17) is 9.84 Å². The molecule has 100 valence electrons. The van der Waals surface area contributed by atoms with Gasteiger partial charge < -0.3 is 9.84 Å². The van der Waals surface area contributed by atoms with Crippen LogP contribution in [-0.4, -0.2) is 42.2 Å². The molecule has 0 radical (unpaired) electrons. The van der Waals surface area contributed by atoms with Gasteiger partial charge in [0.15, 0.2) is 0 Å². The molecule has 1 aromatic rings. The van der Waals surface area contributed by atoms with Gasteiger partial charge in [-0.1, -0.05) is 6.07 Å². The molecule has 0 atom stereocenters. The average molecular weight is 272 g/mol. The van der Waals surface area contributed by atoms with Gasteiger partial charge in [0.1, 0.15) is 12.4 Å². The topological polar surface area (TPSA) is 49.8 Å². The third-order valence-corrected chi connectivity index (χ3v) is 2.96. The Balaban J connectivity index is 0.00000162. The van der Waals surface area contributed by atoms with Crippen molar-refractivity contribution in [2.45, 2.75) is 12.8 Å². The van der Waals surface area contributed by atoms with Crippen molar-refractivity contribution in [1.82, 2.24) is 4.90 Å². The van der Waals surface area contributed by atoms with Crippen LogP contribution in [0.15, 0.2) is 24.3 Å². The molecule has 5 heteroatoms. The molecule has 4 nitrogen and oxygen atoms in total. The molecule has 0 saturated carbocycles. The van der Waals surface area contributed by atoms with Gasteiger partial charge in [-0.25, -0.2) is 4.79 Å². The maximum atomic E-state index is 10.8. The van der Waals surface area contributed by atoms with Crippen LogP contribution in [0.25, 0.3) is 0 Å². The second kappa shape index (κ2) is 7.24. The summed E-state index contributed by atoms with van der Waals surface area (Å²) in [5.41, 5.74) is 0.267. The number of aromatic carboxylic acids is 1. The van der Waals surface area contributed by atoms with Crippen molar-refractivity contribution in [2.75, 3.05) is 26.2 Å². The maximum absolute atomic E-state index is 10.8. The molecular formula is C13H18ClNO3. The Morgan fingerprint density at radius 1 is 1.33 bits per heavy atom. The molecule has 1 fully saturated rings. The lowest BCUT2D eigenvalue weighted by Gasteiger charge is -2.14. The van der Waals surface area contributed by atoms with E-state index >= 15 is 0 Å². The Bertz CT molecular complexity index is 392. The molecule has 0 amide bonds. The molecule has 1 aromatic carbocycles. The highest BCUT2D eigenvalue weighted by Crippen LogP contribution is 2.13. The monoisotopic (exact) mass is 271 g/mol. The Labute approximate surface area is 113 Å².